The molecule has 1 atom stereocenters. The van der Waals surface area contributed by atoms with Crippen LogP contribution in [0.1, 0.15) is 43.0 Å². The number of benzene rings is 1. The minimum Gasteiger partial charge on any atom is -0.493 e. The zero-order valence-electron chi connectivity index (χ0n) is 12.9. The summed E-state index contributed by atoms with van der Waals surface area (Å²) in [4.78, 5) is 23.1. The van der Waals surface area contributed by atoms with E-state index in [-0.39, 0.29) is 12.5 Å². The van der Waals surface area contributed by atoms with E-state index >= 15 is 0 Å². The van der Waals surface area contributed by atoms with Crippen molar-refractivity contribution >= 4 is 11.9 Å². The van der Waals surface area contributed by atoms with Gasteiger partial charge >= 0.3 is 5.97 Å². The zero-order valence-corrected chi connectivity index (χ0v) is 12.9. The number of amides is 1. The molecule has 2 N–H and O–H groups in total. The molecule has 0 bridgehead atoms. The molecular weight excluding hydrogens is 282 g/mol. The van der Waals surface area contributed by atoms with Gasteiger partial charge in [-0.15, -0.1) is 0 Å². The van der Waals surface area contributed by atoms with Crippen molar-refractivity contribution in [2.24, 2.45) is 11.8 Å². The van der Waals surface area contributed by atoms with Gasteiger partial charge in [0.1, 0.15) is 5.75 Å². The van der Waals surface area contributed by atoms with Gasteiger partial charge in [0.15, 0.2) is 0 Å². The van der Waals surface area contributed by atoms with Crippen LogP contribution in [0, 0.1) is 11.8 Å². The van der Waals surface area contributed by atoms with Gasteiger partial charge in [-0.1, -0.05) is 13.3 Å². The molecule has 22 heavy (non-hydrogen) atoms. The first-order chi connectivity index (χ1) is 10.6. The van der Waals surface area contributed by atoms with E-state index in [0.717, 1.165) is 18.8 Å². The molecular formula is C17H23NO4. The minimum absolute atomic E-state index is 0.155. The predicted molar refractivity (Wildman–Crippen MR) is 83.0 cm³/mol. The highest BCUT2D eigenvalue weighted by Crippen LogP contribution is 2.29. The molecule has 1 aliphatic carbocycles. The Balaban J connectivity index is 1.81. The molecule has 5 heteroatoms. The first kappa shape index (κ1) is 16.3. The van der Waals surface area contributed by atoms with E-state index in [9.17, 15) is 9.59 Å². The van der Waals surface area contributed by atoms with Gasteiger partial charge in [0.05, 0.1) is 12.5 Å². The molecule has 0 spiro atoms. The topological polar surface area (TPSA) is 75.6 Å². The van der Waals surface area contributed by atoms with Gasteiger partial charge in [0.25, 0.3) is 5.91 Å². The Bertz CT molecular complexity index is 508. The lowest BCUT2D eigenvalue weighted by Crippen LogP contribution is -2.32. The molecule has 1 aliphatic rings. The third kappa shape index (κ3) is 5.06. The fraction of sp³-hybridized carbons (Fsp3) is 0.529. The van der Waals surface area contributed by atoms with E-state index in [4.69, 9.17) is 9.84 Å². The van der Waals surface area contributed by atoms with E-state index in [1.807, 2.05) is 6.92 Å². The van der Waals surface area contributed by atoms with Gasteiger partial charge in [-0.05, 0) is 49.4 Å². The number of ether oxygens (including phenoxy) is 1. The second-order valence-electron chi connectivity index (χ2n) is 5.81. The molecule has 2 rings (SSSR count). The lowest BCUT2D eigenvalue weighted by molar-refractivity contribution is -0.141. The van der Waals surface area contributed by atoms with E-state index < -0.39 is 11.9 Å². The van der Waals surface area contributed by atoms with Gasteiger partial charge in [-0.25, -0.2) is 0 Å². The van der Waals surface area contributed by atoms with Crippen molar-refractivity contribution in [3.8, 4) is 5.75 Å². The summed E-state index contributed by atoms with van der Waals surface area (Å²) in [6, 6.07) is 6.95. The first-order valence-electron chi connectivity index (χ1n) is 7.84. The van der Waals surface area contributed by atoms with Crippen LogP contribution in [0.4, 0.5) is 0 Å². The van der Waals surface area contributed by atoms with Crippen molar-refractivity contribution in [3.05, 3.63) is 29.8 Å². The lowest BCUT2D eigenvalue weighted by atomic mass is 10.0. The standard InChI is InChI=1S/C17H23NO4/c1-2-3-14(17(20)21)10-18-16(19)13-6-8-15(9-7-13)22-11-12-4-5-12/h6-9,12,14H,2-5,10-11H2,1H3,(H,18,19)(H,20,21). The van der Waals surface area contributed by atoms with E-state index in [1.165, 1.54) is 12.8 Å². The number of hydrogen-bond acceptors (Lipinski definition) is 3. The summed E-state index contributed by atoms with van der Waals surface area (Å²) < 4.78 is 5.62. The average molecular weight is 305 g/mol. The highest BCUT2D eigenvalue weighted by molar-refractivity contribution is 5.94. The number of carbonyl (C=O) groups excluding carboxylic acids is 1. The van der Waals surface area contributed by atoms with Gasteiger partial charge < -0.3 is 15.2 Å². The highest BCUT2D eigenvalue weighted by Gasteiger charge is 2.22. The Kier molecular flexibility index (Phi) is 5.81. The van der Waals surface area contributed by atoms with Gasteiger partial charge in [0, 0.05) is 12.1 Å². The fourth-order valence-electron chi connectivity index (χ4n) is 2.18. The Morgan fingerprint density at radius 1 is 1.32 bits per heavy atom. The van der Waals surface area contributed by atoms with Gasteiger partial charge in [0.2, 0.25) is 0 Å². The van der Waals surface area contributed by atoms with E-state index in [2.05, 4.69) is 5.32 Å². The second-order valence-corrected chi connectivity index (χ2v) is 5.81. The molecule has 0 heterocycles. The summed E-state index contributed by atoms with van der Waals surface area (Å²) in [5.74, 6) is -0.204. The largest absolute Gasteiger partial charge is 0.493 e. The smallest absolute Gasteiger partial charge is 0.308 e. The molecule has 0 aromatic heterocycles. The lowest BCUT2D eigenvalue weighted by Gasteiger charge is -2.12. The highest BCUT2D eigenvalue weighted by atomic mass is 16.5. The molecule has 120 valence electrons. The molecule has 1 unspecified atom stereocenters. The second kappa shape index (κ2) is 7.82. The number of rotatable bonds is 9. The summed E-state index contributed by atoms with van der Waals surface area (Å²) >= 11 is 0. The van der Waals surface area contributed by atoms with Crippen molar-refractivity contribution in [2.45, 2.75) is 32.6 Å². The number of hydrogen-bond donors (Lipinski definition) is 2. The molecule has 0 saturated heterocycles. The Morgan fingerprint density at radius 3 is 2.55 bits per heavy atom. The summed E-state index contributed by atoms with van der Waals surface area (Å²) in [6.07, 6.45) is 3.81. The quantitative estimate of drug-likeness (QED) is 0.735. The van der Waals surface area contributed by atoms with Crippen molar-refractivity contribution in [1.82, 2.24) is 5.32 Å². The van der Waals surface area contributed by atoms with Crippen molar-refractivity contribution in [1.29, 1.82) is 0 Å². The molecule has 0 aliphatic heterocycles. The Labute approximate surface area is 130 Å². The third-order valence-corrected chi connectivity index (χ3v) is 3.79. The Hall–Kier alpha value is -2.04. The molecule has 0 radical (unpaired) electrons. The fourth-order valence-corrected chi connectivity index (χ4v) is 2.18. The Morgan fingerprint density at radius 2 is 2.00 bits per heavy atom. The van der Waals surface area contributed by atoms with Crippen LogP contribution in [0.2, 0.25) is 0 Å². The van der Waals surface area contributed by atoms with Crippen molar-refractivity contribution < 1.29 is 19.4 Å². The maximum Gasteiger partial charge on any atom is 0.308 e. The van der Waals surface area contributed by atoms with Gasteiger partial charge in [-0.2, -0.15) is 0 Å². The van der Waals surface area contributed by atoms with Crippen LogP contribution in [0.15, 0.2) is 24.3 Å². The van der Waals surface area contributed by atoms with Gasteiger partial charge in [-0.3, -0.25) is 9.59 Å². The summed E-state index contributed by atoms with van der Waals surface area (Å²) in [7, 11) is 0. The first-order valence-corrected chi connectivity index (χ1v) is 7.84. The van der Waals surface area contributed by atoms with Crippen LogP contribution < -0.4 is 10.1 Å². The van der Waals surface area contributed by atoms with E-state index in [0.29, 0.717) is 17.9 Å². The summed E-state index contributed by atoms with van der Waals surface area (Å²) in [5.41, 5.74) is 0.513. The predicted octanol–water partition coefficient (Wildman–Crippen LogP) is 2.71. The minimum atomic E-state index is -0.869. The van der Waals surface area contributed by atoms with Crippen molar-refractivity contribution in [3.63, 3.8) is 0 Å². The summed E-state index contributed by atoms with van der Waals surface area (Å²) in [5, 5.41) is 11.7. The normalized spacial score (nSPS) is 15.1. The number of carboxylic acids is 1. The van der Waals surface area contributed by atoms with Crippen LogP contribution in [0.5, 0.6) is 5.75 Å². The van der Waals surface area contributed by atoms with E-state index in [1.54, 1.807) is 24.3 Å². The zero-order chi connectivity index (χ0) is 15.9. The monoisotopic (exact) mass is 305 g/mol. The van der Waals surface area contributed by atoms with Crippen molar-refractivity contribution in [2.75, 3.05) is 13.2 Å². The number of aliphatic carboxylic acids is 1. The average Bonchev–Trinajstić information content (AvgIpc) is 3.33. The third-order valence-electron chi connectivity index (χ3n) is 3.79. The molecule has 1 amide bonds. The SMILES string of the molecule is CCCC(CNC(=O)c1ccc(OCC2CC2)cc1)C(=O)O. The van der Waals surface area contributed by atoms with Crippen LogP contribution in [-0.4, -0.2) is 30.1 Å². The molecule has 1 fully saturated rings. The maximum absolute atomic E-state index is 12.0. The maximum atomic E-state index is 12.0. The number of carboxylic acid groups (broad SMARTS) is 1. The molecule has 1 saturated carbocycles. The van der Waals surface area contributed by atoms with Crippen LogP contribution >= 0.6 is 0 Å². The number of carbonyl (C=O) groups is 2. The number of nitrogens with one attached hydrogen (secondary N) is 1. The molecule has 1 aromatic carbocycles. The van der Waals surface area contributed by atoms with Crippen LogP contribution in [-0.2, 0) is 4.79 Å². The summed E-state index contributed by atoms with van der Waals surface area (Å²) in [6.45, 7) is 2.82. The van der Waals surface area contributed by atoms with Crippen LogP contribution in [0.3, 0.4) is 0 Å². The van der Waals surface area contributed by atoms with Crippen LogP contribution in [0.25, 0.3) is 0 Å². The molecule has 1 aromatic rings. The molecule has 5 nitrogen and oxygen atoms in total.